The normalized spacial score (nSPS) is 10.2. The van der Waals surface area contributed by atoms with E-state index in [-0.39, 0.29) is 5.97 Å². The number of carbonyl (C=O) groups excluding carboxylic acids is 1. The van der Waals surface area contributed by atoms with E-state index in [4.69, 9.17) is 15.2 Å². The van der Waals surface area contributed by atoms with Crippen molar-refractivity contribution in [2.45, 2.75) is 39.5 Å². The zero-order valence-electron chi connectivity index (χ0n) is 11.8. The molecule has 0 aromatic heterocycles. The minimum absolute atomic E-state index is 0.119. The molecule has 0 aliphatic carbocycles. The first-order valence-electron chi connectivity index (χ1n) is 6.78. The number of nitrogens with two attached hydrogens (primary N) is 1. The zero-order chi connectivity index (χ0) is 14.1. The molecule has 1 rings (SSSR count). The largest absolute Gasteiger partial charge is 0.491 e. The maximum atomic E-state index is 11.1. The minimum Gasteiger partial charge on any atom is -0.491 e. The van der Waals surface area contributed by atoms with Gasteiger partial charge in [0.25, 0.3) is 0 Å². The molecule has 0 radical (unpaired) electrons. The lowest BCUT2D eigenvalue weighted by Gasteiger charge is -2.11. The molecule has 0 bridgehead atoms. The number of unbranched alkanes of at least 4 members (excludes halogenated alkanes) is 2. The van der Waals surface area contributed by atoms with Gasteiger partial charge in [0.2, 0.25) is 0 Å². The first-order valence-corrected chi connectivity index (χ1v) is 6.78. The Morgan fingerprint density at radius 2 is 2.05 bits per heavy atom. The van der Waals surface area contributed by atoms with E-state index < -0.39 is 0 Å². The fourth-order valence-electron chi connectivity index (χ4n) is 1.83. The van der Waals surface area contributed by atoms with Crippen LogP contribution in [0.4, 0.5) is 5.69 Å². The Morgan fingerprint density at radius 3 is 2.74 bits per heavy atom. The lowest BCUT2D eigenvalue weighted by molar-refractivity contribution is -0.143. The Balaban J connectivity index is 2.16. The van der Waals surface area contributed by atoms with Gasteiger partial charge in [-0.15, -0.1) is 0 Å². The maximum Gasteiger partial charge on any atom is 0.305 e. The molecule has 0 saturated heterocycles. The molecule has 1 aromatic carbocycles. The van der Waals surface area contributed by atoms with Crippen molar-refractivity contribution in [3.63, 3.8) is 0 Å². The number of ether oxygens (including phenoxy) is 2. The smallest absolute Gasteiger partial charge is 0.305 e. The highest BCUT2D eigenvalue weighted by molar-refractivity contribution is 5.69. The molecule has 0 saturated carbocycles. The molecule has 0 spiro atoms. The number of benzene rings is 1. The molecule has 0 amide bonds. The summed E-state index contributed by atoms with van der Waals surface area (Å²) in [5.41, 5.74) is 7.57. The van der Waals surface area contributed by atoms with Gasteiger partial charge in [-0.3, -0.25) is 4.79 Å². The van der Waals surface area contributed by atoms with E-state index in [1.54, 1.807) is 0 Å². The van der Waals surface area contributed by atoms with Crippen LogP contribution in [0.25, 0.3) is 0 Å². The van der Waals surface area contributed by atoms with Crippen LogP contribution in [-0.2, 0) is 9.53 Å². The lowest BCUT2D eigenvalue weighted by Crippen LogP contribution is -2.05. The average Bonchev–Trinajstić information content (AvgIpc) is 2.36. The van der Waals surface area contributed by atoms with E-state index in [9.17, 15) is 4.79 Å². The third kappa shape index (κ3) is 5.64. The topological polar surface area (TPSA) is 61.5 Å². The molecular weight excluding hydrogens is 242 g/mol. The van der Waals surface area contributed by atoms with Crippen LogP contribution in [0, 0.1) is 6.92 Å². The summed E-state index contributed by atoms with van der Waals surface area (Å²) in [5, 5.41) is 0. The molecule has 0 aliphatic rings. The second-order valence-corrected chi connectivity index (χ2v) is 4.46. The molecule has 2 N–H and O–H groups in total. The molecular formula is C15H23NO3. The molecule has 0 heterocycles. The second kappa shape index (κ2) is 8.40. The summed E-state index contributed by atoms with van der Waals surface area (Å²) in [6.07, 6.45) is 3.18. The molecule has 0 aliphatic heterocycles. The Bertz CT molecular complexity index is 384. The number of hydrogen-bond donors (Lipinski definition) is 1. The third-order valence-corrected chi connectivity index (χ3v) is 2.82. The van der Waals surface area contributed by atoms with Crippen LogP contribution in [0.3, 0.4) is 0 Å². The van der Waals surface area contributed by atoms with Crippen molar-refractivity contribution in [3.8, 4) is 5.75 Å². The van der Waals surface area contributed by atoms with Gasteiger partial charge in [-0.2, -0.15) is 0 Å². The highest BCUT2D eigenvalue weighted by atomic mass is 16.5. The summed E-state index contributed by atoms with van der Waals surface area (Å²) in [6, 6.07) is 5.73. The number of anilines is 1. The number of para-hydroxylation sites is 1. The van der Waals surface area contributed by atoms with Crippen LogP contribution >= 0.6 is 0 Å². The lowest BCUT2D eigenvalue weighted by atomic mass is 10.2. The van der Waals surface area contributed by atoms with Gasteiger partial charge in [-0.05, 0) is 44.7 Å². The predicted molar refractivity (Wildman–Crippen MR) is 76.2 cm³/mol. The fourth-order valence-corrected chi connectivity index (χ4v) is 1.83. The highest BCUT2D eigenvalue weighted by Crippen LogP contribution is 2.25. The zero-order valence-corrected chi connectivity index (χ0v) is 11.8. The standard InChI is InChI=1S/C15H23NO3/c1-3-18-14(17)10-5-4-6-11-19-15-12(2)8-7-9-13(15)16/h7-9H,3-6,10-11,16H2,1-2H3. The van der Waals surface area contributed by atoms with Crippen molar-refractivity contribution in [3.05, 3.63) is 23.8 Å². The Morgan fingerprint density at radius 1 is 1.26 bits per heavy atom. The van der Waals surface area contributed by atoms with Crippen LogP contribution in [0.5, 0.6) is 5.75 Å². The quantitative estimate of drug-likeness (QED) is 0.446. The Labute approximate surface area is 114 Å². The van der Waals surface area contributed by atoms with E-state index in [0.29, 0.717) is 25.3 Å². The van der Waals surface area contributed by atoms with Crippen LogP contribution < -0.4 is 10.5 Å². The maximum absolute atomic E-state index is 11.1. The first kappa shape index (κ1) is 15.3. The number of aryl methyl sites for hydroxylation is 1. The van der Waals surface area contributed by atoms with Crippen molar-refractivity contribution >= 4 is 11.7 Å². The van der Waals surface area contributed by atoms with Gasteiger partial charge in [0.15, 0.2) is 0 Å². The van der Waals surface area contributed by atoms with E-state index in [2.05, 4.69) is 0 Å². The molecule has 0 unspecified atom stereocenters. The van der Waals surface area contributed by atoms with Gasteiger partial charge in [0, 0.05) is 6.42 Å². The van der Waals surface area contributed by atoms with Crippen LogP contribution in [-0.4, -0.2) is 19.2 Å². The molecule has 4 nitrogen and oxygen atoms in total. The number of hydrogen-bond acceptors (Lipinski definition) is 4. The third-order valence-electron chi connectivity index (χ3n) is 2.82. The van der Waals surface area contributed by atoms with E-state index >= 15 is 0 Å². The molecule has 106 valence electrons. The Kier molecular flexibility index (Phi) is 6.79. The number of esters is 1. The molecule has 4 heteroatoms. The van der Waals surface area contributed by atoms with Crippen molar-refractivity contribution in [1.82, 2.24) is 0 Å². The van der Waals surface area contributed by atoms with Crippen LogP contribution in [0.15, 0.2) is 18.2 Å². The second-order valence-electron chi connectivity index (χ2n) is 4.46. The van der Waals surface area contributed by atoms with Crippen molar-refractivity contribution < 1.29 is 14.3 Å². The minimum atomic E-state index is -0.119. The summed E-state index contributed by atoms with van der Waals surface area (Å²) in [5.74, 6) is 0.652. The average molecular weight is 265 g/mol. The predicted octanol–water partition coefficient (Wildman–Crippen LogP) is 3.08. The summed E-state index contributed by atoms with van der Waals surface area (Å²) in [4.78, 5) is 11.1. The van der Waals surface area contributed by atoms with E-state index in [0.717, 1.165) is 30.6 Å². The van der Waals surface area contributed by atoms with Gasteiger partial charge >= 0.3 is 5.97 Å². The SMILES string of the molecule is CCOC(=O)CCCCCOc1c(C)cccc1N. The van der Waals surface area contributed by atoms with Gasteiger partial charge in [-0.1, -0.05) is 12.1 Å². The van der Waals surface area contributed by atoms with Gasteiger partial charge in [0.05, 0.1) is 18.9 Å². The van der Waals surface area contributed by atoms with Gasteiger partial charge < -0.3 is 15.2 Å². The monoisotopic (exact) mass is 265 g/mol. The van der Waals surface area contributed by atoms with Gasteiger partial charge in [-0.25, -0.2) is 0 Å². The van der Waals surface area contributed by atoms with Crippen LogP contribution in [0.1, 0.15) is 38.2 Å². The molecule has 0 fully saturated rings. The van der Waals surface area contributed by atoms with E-state index in [1.165, 1.54) is 0 Å². The Hall–Kier alpha value is -1.71. The van der Waals surface area contributed by atoms with Crippen molar-refractivity contribution in [2.24, 2.45) is 0 Å². The summed E-state index contributed by atoms with van der Waals surface area (Å²) >= 11 is 0. The van der Waals surface area contributed by atoms with Crippen molar-refractivity contribution in [2.75, 3.05) is 18.9 Å². The summed E-state index contributed by atoms with van der Waals surface area (Å²) < 4.78 is 10.5. The van der Waals surface area contributed by atoms with Crippen LogP contribution in [0.2, 0.25) is 0 Å². The molecule has 19 heavy (non-hydrogen) atoms. The first-order chi connectivity index (χ1) is 9.15. The van der Waals surface area contributed by atoms with Gasteiger partial charge in [0.1, 0.15) is 5.75 Å². The fraction of sp³-hybridized carbons (Fsp3) is 0.533. The molecule has 1 aromatic rings. The summed E-state index contributed by atoms with van der Waals surface area (Å²) in [7, 11) is 0. The number of nitrogen functional groups attached to an aromatic ring is 1. The van der Waals surface area contributed by atoms with E-state index in [1.807, 2.05) is 32.0 Å². The molecule has 0 atom stereocenters. The number of rotatable bonds is 8. The highest BCUT2D eigenvalue weighted by Gasteiger charge is 2.04. The summed E-state index contributed by atoms with van der Waals surface area (Å²) in [6.45, 7) is 4.87. The number of carbonyl (C=O) groups is 1. The van der Waals surface area contributed by atoms with Crippen molar-refractivity contribution in [1.29, 1.82) is 0 Å².